The third kappa shape index (κ3) is 7.75. The Labute approximate surface area is 169 Å². The van der Waals surface area contributed by atoms with E-state index in [-0.39, 0.29) is 29.6 Å². The summed E-state index contributed by atoms with van der Waals surface area (Å²) >= 11 is 0. The maximum atomic E-state index is 12.7. The molecule has 0 fully saturated rings. The SMILES string of the molecule is CCC(C)(C)COC(=O)C(=Cc1ccc(OC)cc1)C(=O)OCC(C)(C)CC. The van der Waals surface area contributed by atoms with Crippen LogP contribution in [0.15, 0.2) is 29.8 Å². The lowest BCUT2D eigenvalue weighted by atomic mass is 9.91. The van der Waals surface area contributed by atoms with Gasteiger partial charge in [0, 0.05) is 0 Å². The van der Waals surface area contributed by atoms with E-state index in [1.165, 1.54) is 6.08 Å². The molecular formula is C23H34O5. The standard InChI is InChI=1S/C23H34O5/c1-8-22(3,4)15-27-20(24)19(21(25)28-16-23(5,6)9-2)14-17-10-12-18(26-7)13-11-17/h10-14H,8-9,15-16H2,1-7H3. The fraction of sp³-hybridized carbons (Fsp3) is 0.565. The van der Waals surface area contributed by atoms with Crippen molar-refractivity contribution in [2.45, 2.75) is 54.4 Å². The summed E-state index contributed by atoms with van der Waals surface area (Å²) in [4.78, 5) is 25.3. The Hall–Kier alpha value is -2.30. The van der Waals surface area contributed by atoms with Gasteiger partial charge in [-0.25, -0.2) is 9.59 Å². The minimum Gasteiger partial charge on any atom is -0.497 e. The Morgan fingerprint density at radius 2 is 1.29 bits per heavy atom. The van der Waals surface area contributed by atoms with E-state index in [0.29, 0.717) is 11.3 Å². The molecule has 1 rings (SSSR count). The smallest absolute Gasteiger partial charge is 0.345 e. The van der Waals surface area contributed by atoms with Crippen molar-refractivity contribution in [2.75, 3.05) is 20.3 Å². The highest BCUT2D eigenvalue weighted by Crippen LogP contribution is 2.23. The summed E-state index contributed by atoms with van der Waals surface area (Å²) in [5.41, 5.74) is 0.266. The molecule has 0 bridgehead atoms. The molecule has 0 spiro atoms. The number of hydrogen-bond donors (Lipinski definition) is 0. The summed E-state index contributed by atoms with van der Waals surface area (Å²) in [7, 11) is 1.58. The lowest BCUT2D eigenvalue weighted by molar-refractivity contribution is -0.150. The fourth-order valence-corrected chi connectivity index (χ4v) is 1.95. The summed E-state index contributed by atoms with van der Waals surface area (Å²) in [6.45, 7) is 12.6. The van der Waals surface area contributed by atoms with Gasteiger partial charge in [-0.1, -0.05) is 53.7 Å². The van der Waals surface area contributed by atoms with E-state index in [1.807, 2.05) is 41.5 Å². The van der Waals surface area contributed by atoms with Crippen molar-refractivity contribution >= 4 is 18.0 Å². The van der Waals surface area contributed by atoms with Crippen molar-refractivity contribution in [1.29, 1.82) is 0 Å². The lowest BCUT2D eigenvalue weighted by Gasteiger charge is -2.23. The third-order valence-corrected chi connectivity index (χ3v) is 4.97. The molecule has 5 nitrogen and oxygen atoms in total. The van der Waals surface area contributed by atoms with E-state index < -0.39 is 11.9 Å². The van der Waals surface area contributed by atoms with Gasteiger partial charge in [0.1, 0.15) is 11.3 Å². The average molecular weight is 391 g/mol. The van der Waals surface area contributed by atoms with Crippen LogP contribution >= 0.6 is 0 Å². The predicted molar refractivity (Wildman–Crippen MR) is 111 cm³/mol. The molecule has 0 saturated heterocycles. The van der Waals surface area contributed by atoms with Gasteiger partial charge >= 0.3 is 11.9 Å². The maximum absolute atomic E-state index is 12.7. The molecule has 1 aromatic rings. The number of ether oxygens (including phenoxy) is 3. The number of rotatable bonds is 10. The number of methoxy groups -OCH3 is 1. The first kappa shape index (κ1) is 23.7. The van der Waals surface area contributed by atoms with Crippen LogP contribution in [0.3, 0.4) is 0 Å². The number of carbonyl (C=O) groups excluding carboxylic acids is 2. The van der Waals surface area contributed by atoms with E-state index in [9.17, 15) is 9.59 Å². The van der Waals surface area contributed by atoms with Crippen molar-refractivity contribution in [2.24, 2.45) is 10.8 Å². The molecule has 0 aliphatic heterocycles. The molecule has 156 valence electrons. The van der Waals surface area contributed by atoms with Gasteiger partial charge in [-0.05, 0) is 47.4 Å². The quantitative estimate of drug-likeness (QED) is 0.242. The number of carbonyl (C=O) groups is 2. The van der Waals surface area contributed by atoms with Gasteiger partial charge in [0.25, 0.3) is 0 Å². The topological polar surface area (TPSA) is 61.8 Å². The molecule has 5 heteroatoms. The van der Waals surface area contributed by atoms with Gasteiger partial charge in [0.15, 0.2) is 0 Å². The minimum absolute atomic E-state index is 0.107. The van der Waals surface area contributed by atoms with Crippen LogP contribution in [0.1, 0.15) is 59.9 Å². The highest BCUT2D eigenvalue weighted by atomic mass is 16.6. The fourth-order valence-electron chi connectivity index (χ4n) is 1.95. The Morgan fingerprint density at radius 3 is 1.64 bits per heavy atom. The average Bonchev–Trinajstić information content (AvgIpc) is 2.69. The first-order valence-corrected chi connectivity index (χ1v) is 9.73. The van der Waals surface area contributed by atoms with Crippen LogP contribution in [-0.4, -0.2) is 32.3 Å². The van der Waals surface area contributed by atoms with Crippen molar-refractivity contribution in [3.8, 4) is 5.75 Å². The molecule has 0 saturated carbocycles. The molecular weight excluding hydrogens is 356 g/mol. The largest absolute Gasteiger partial charge is 0.497 e. The molecule has 0 radical (unpaired) electrons. The van der Waals surface area contributed by atoms with Crippen LogP contribution in [-0.2, 0) is 19.1 Å². The Bertz CT molecular complexity index is 649. The zero-order valence-corrected chi connectivity index (χ0v) is 18.3. The van der Waals surface area contributed by atoms with Crippen LogP contribution in [0.5, 0.6) is 5.75 Å². The van der Waals surface area contributed by atoms with Crippen LogP contribution < -0.4 is 4.74 Å². The van der Waals surface area contributed by atoms with E-state index in [0.717, 1.165) is 12.8 Å². The summed E-state index contributed by atoms with van der Waals surface area (Å²) < 4.78 is 16.0. The second-order valence-corrected chi connectivity index (χ2v) is 8.52. The Balaban J connectivity index is 3.05. The highest BCUT2D eigenvalue weighted by Gasteiger charge is 2.26. The van der Waals surface area contributed by atoms with E-state index >= 15 is 0 Å². The van der Waals surface area contributed by atoms with Gasteiger partial charge < -0.3 is 14.2 Å². The van der Waals surface area contributed by atoms with Gasteiger partial charge in [0.05, 0.1) is 20.3 Å². The molecule has 0 amide bonds. The predicted octanol–water partition coefficient (Wildman–Crippen LogP) is 5.04. The van der Waals surface area contributed by atoms with Gasteiger partial charge in [-0.3, -0.25) is 0 Å². The lowest BCUT2D eigenvalue weighted by Crippen LogP contribution is -2.27. The van der Waals surface area contributed by atoms with Crippen LogP contribution in [0.2, 0.25) is 0 Å². The van der Waals surface area contributed by atoms with Gasteiger partial charge in [-0.15, -0.1) is 0 Å². The van der Waals surface area contributed by atoms with Crippen molar-refractivity contribution in [3.05, 3.63) is 35.4 Å². The van der Waals surface area contributed by atoms with Crippen molar-refractivity contribution < 1.29 is 23.8 Å². The molecule has 0 aliphatic carbocycles. The molecule has 1 aromatic carbocycles. The zero-order chi connectivity index (χ0) is 21.4. The van der Waals surface area contributed by atoms with Crippen LogP contribution in [0.4, 0.5) is 0 Å². The van der Waals surface area contributed by atoms with Crippen LogP contribution in [0.25, 0.3) is 6.08 Å². The van der Waals surface area contributed by atoms with Gasteiger partial charge in [0.2, 0.25) is 0 Å². The second kappa shape index (κ2) is 10.3. The molecule has 0 atom stereocenters. The summed E-state index contributed by atoms with van der Waals surface area (Å²) in [6.07, 6.45) is 3.21. The maximum Gasteiger partial charge on any atom is 0.345 e. The number of benzene rings is 1. The minimum atomic E-state index is -0.670. The Kier molecular flexibility index (Phi) is 8.73. The first-order valence-electron chi connectivity index (χ1n) is 9.73. The summed E-state index contributed by atoms with van der Waals surface area (Å²) in [5, 5.41) is 0. The van der Waals surface area contributed by atoms with E-state index in [4.69, 9.17) is 14.2 Å². The van der Waals surface area contributed by atoms with E-state index in [2.05, 4.69) is 0 Å². The molecule has 0 aromatic heterocycles. The molecule has 0 N–H and O–H groups in total. The first-order chi connectivity index (χ1) is 13.0. The molecule has 28 heavy (non-hydrogen) atoms. The number of esters is 2. The van der Waals surface area contributed by atoms with Crippen molar-refractivity contribution in [1.82, 2.24) is 0 Å². The second-order valence-electron chi connectivity index (χ2n) is 8.52. The zero-order valence-electron chi connectivity index (χ0n) is 18.3. The van der Waals surface area contributed by atoms with Crippen molar-refractivity contribution in [3.63, 3.8) is 0 Å². The summed E-state index contributed by atoms with van der Waals surface area (Å²) in [5.74, 6) is -0.647. The monoisotopic (exact) mass is 390 g/mol. The normalized spacial score (nSPS) is 11.5. The highest BCUT2D eigenvalue weighted by molar-refractivity contribution is 6.17. The number of hydrogen-bond acceptors (Lipinski definition) is 5. The Morgan fingerprint density at radius 1 is 0.857 bits per heavy atom. The molecule has 0 heterocycles. The molecule has 0 unspecified atom stereocenters. The van der Waals surface area contributed by atoms with E-state index in [1.54, 1.807) is 31.4 Å². The molecule has 0 aliphatic rings. The third-order valence-electron chi connectivity index (χ3n) is 4.97. The van der Waals surface area contributed by atoms with Gasteiger partial charge in [-0.2, -0.15) is 0 Å². The van der Waals surface area contributed by atoms with Crippen LogP contribution in [0, 0.1) is 10.8 Å². The summed E-state index contributed by atoms with van der Waals surface area (Å²) in [6, 6.07) is 7.07.